The van der Waals surface area contributed by atoms with E-state index in [9.17, 15) is 0 Å². The molecule has 0 fully saturated rings. The Hall–Kier alpha value is -0.800. The van der Waals surface area contributed by atoms with E-state index in [4.69, 9.17) is 0 Å². The Morgan fingerprint density at radius 1 is 1.31 bits per heavy atom. The fraction of sp³-hybridized carbons (Fsp3) is 0.200. The van der Waals surface area contributed by atoms with Gasteiger partial charge in [0.15, 0.2) is 0 Å². The SMILES string of the molecule is Cc1ccc(CNc2ccsc2)s1. The van der Waals surface area contributed by atoms with E-state index in [0.717, 1.165) is 6.54 Å². The van der Waals surface area contributed by atoms with Crippen LogP contribution in [-0.4, -0.2) is 0 Å². The summed E-state index contributed by atoms with van der Waals surface area (Å²) in [6.45, 7) is 3.08. The number of hydrogen-bond donors (Lipinski definition) is 1. The van der Waals surface area contributed by atoms with Crippen molar-refractivity contribution >= 4 is 28.4 Å². The fourth-order valence-corrected chi connectivity index (χ4v) is 2.58. The molecule has 0 bridgehead atoms. The predicted octanol–water partition coefficient (Wildman–Crippen LogP) is 3.73. The smallest absolute Gasteiger partial charge is 0.0494 e. The van der Waals surface area contributed by atoms with Crippen molar-refractivity contribution in [1.82, 2.24) is 0 Å². The minimum absolute atomic E-state index is 0.940. The Labute approximate surface area is 86.0 Å². The Morgan fingerprint density at radius 2 is 2.23 bits per heavy atom. The maximum atomic E-state index is 3.38. The van der Waals surface area contributed by atoms with Gasteiger partial charge in [-0.2, -0.15) is 11.3 Å². The van der Waals surface area contributed by atoms with Crippen LogP contribution in [0.3, 0.4) is 0 Å². The molecular formula is C10H11NS2. The van der Waals surface area contributed by atoms with Crippen molar-refractivity contribution in [1.29, 1.82) is 0 Å². The lowest BCUT2D eigenvalue weighted by Crippen LogP contribution is -1.94. The highest BCUT2D eigenvalue weighted by molar-refractivity contribution is 7.11. The lowest BCUT2D eigenvalue weighted by atomic mass is 10.4. The first-order valence-corrected chi connectivity index (χ1v) is 5.92. The van der Waals surface area contributed by atoms with Crippen molar-refractivity contribution in [2.75, 3.05) is 5.32 Å². The molecule has 0 aromatic carbocycles. The average Bonchev–Trinajstić information content (AvgIpc) is 2.71. The molecular weight excluding hydrogens is 198 g/mol. The van der Waals surface area contributed by atoms with E-state index in [2.05, 4.69) is 41.2 Å². The molecule has 0 spiro atoms. The topological polar surface area (TPSA) is 12.0 Å². The number of anilines is 1. The molecule has 1 N–H and O–H groups in total. The van der Waals surface area contributed by atoms with Crippen molar-refractivity contribution in [3.63, 3.8) is 0 Å². The third kappa shape index (κ3) is 2.32. The van der Waals surface area contributed by atoms with Crippen LogP contribution in [0.15, 0.2) is 29.0 Å². The van der Waals surface area contributed by atoms with Gasteiger partial charge in [0.25, 0.3) is 0 Å². The van der Waals surface area contributed by atoms with Crippen LogP contribution in [-0.2, 0) is 6.54 Å². The van der Waals surface area contributed by atoms with Crippen LogP contribution < -0.4 is 5.32 Å². The van der Waals surface area contributed by atoms with Gasteiger partial charge in [-0.3, -0.25) is 0 Å². The van der Waals surface area contributed by atoms with Gasteiger partial charge >= 0.3 is 0 Å². The van der Waals surface area contributed by atoms with Gasteiger partial charge in [0.05, 0.1) is 0 Å². The maximum Gasteiger partial charge on any atom is 0.0494 e. The summed E-state index contributed by atoms with van der Waals surface area (Å²) in [5, 5.41) is 7.59. The number of thiophene rings is 2. The minimum Gasteiger partial charge on any atom is -0.379 e. The van der Waals surface area contributed by atoms with E-state index >= 15 is 0 Å². The fourth-order valence-electron chi connectivity index (χ4n) is 1.13. The van der Waals surface area contributed by atoms with Crippen molar-refractivity contribution in [2.45, 2.75) is 13.5 Å². The van der Waals surface area contributed by atoms with Gasteiger partial charge < -0.3 is 5.32 Å². The quantitative estimate of drug-likeness (QED) is 0.812. The van der Waals surface area contributed by atoms with Gasteiger partial charge in [0, 0.05) is 27.4 Å². The van der Waals surface area contributed by atoms with Crippen LogP contribution in [0.1, 0.15) is 9.75 Å². The molecule has 2 rings (SSSR count). The Balaban J connectivity index is 1.93. The van der Waals surface area contributed by atoms with E-state index in [0.29, 0.717) is 0 Å². The zero-order valence-electron chi connectivity index (χ0n) is 7.41. The summed E-state index contributed by atoms with van der Waals surface area (Å²) in [4.78, 5) is 2.77. The van der Waals surface area contributed by atoms with Crippen LogP contribution in [0, 0.1) is 6.92 Å². The molecule has 2 heterocycles. The maximum absolute atomic E-state index is 3.38. The summed E-state index contributed by atoms with van der Waals surface area (Å²) < 4.78 is 0. The normalized spacial score (nSPS) is 10.2. The summed E-state index contributed by atoms with van der Waals surface area (Å²) in [5.41, 5.74) is 1.22. The molecule has 13 heavy (non-hydrogen) atoms. The van der Waals surface area contributed by atoms with E-state index in [1.54, 1.807) is 11.3 Å². The van der Waals surface area contributed by atoms with Crippen LogP contribution in [0.25, 0.3) is 0 Å². The molecule has 3 heteroatoms. The van der Waals surface area contributed by atoms with Crippen molar-refractivity contribution < 1.29 is 0 Å². The lowest BCUT2D eigenvalue weighted by molar-refractivity contribution is 1.20. The molecule has 0 amide bonds. The second-order valence-corrected chi connectivity index (χ2v) is 5.03. The second kappa shape index (κ2) is 3.94. The Kier molecular flexibility index (Phi) is 2.66. The highest BCUT2D eigenvalue weighted by Gasteiger charge is 1.96. The molecule has 2 aromatic heterocycles. The standard InChI is InChI=1S/C10H11NS2/c1-8-2-3-10(13-8)6-11-9-4-5-12-7-9/h2-5,7,11H,6H2,1H3. The third-order valence-corrected chi connectivity index (χ3v) is 3.47. The first-order valence-electron chi connectivity index (χ1n) is 4.16. The van der Waals surface area contributed by atoms with Gasteiger partial charge in [-0.25, -0.2) is 0 Å². The van der Waals surface area contributed by atoms with E-state index < -0.39 is 0 Å². The molecule has 0 aliphatic rings. The van der Waals surface area contributed by atoms with Crippen LogP contribution in [0.4, 0.5) is 5.69 Å². The third-order valence-electron chi connectivity index (χ3n) is 1.78. The molecule has 2 aromatic rings. The highest BCUT2D eigenvalue weighted by atomic mass is 32.1. The molecule has 0 unspecified atom stereocenters. The van der Waals surface area contributed by atoms with Crippen molar-refractivity contribution in [3.8, 4) is 0 Å². The summed E-state index contributed by atoms with van der Waals surface area (Å²) in [6.07, 6.45) is 0. The van der Waals surface area contributed by atoms with E-state index in [1.165, 1.54) is 15.4 Å². The molecule has 0 saturated carbocycles. The zero-order chi connectivity index (χ0) is 9.10. The number of hydrogen-bond acceptors (Lipinski definition) is 3. The predicted molar refractivity (Wildman–Crippen MR) is 60.7 cm³/mol. The Bertz CT molecular complexity index is 362. The second-order valence-electron chi connectivity index (χ2n) is 2.88. The van der Waals surface area contributed by atoms with Gasteiger partial charge in [-0.15, -0.1) is 11.3 Å². The molecule has 68 valence electrons. The molecule has 0 aliphatic heterocycles. The summed E-state index contributed by atoms with van der Waals surface area (Å²) in [5.74, 6) is 0. The molecule has 0 radical (unpaired) electrons. The molecule has 0 aliphatic carbocycles. The van der Waals surface area contributed by atoms with Crippen LogP contribution in [0.2, 0.25) is 0 Å². The van der Waals surface area contributed by atoms with Crippen LogP contribution >= 0.6 is 22.7 Å². The summed E-state index contributed by atoms with van der Waals surface area (Å²) >= 11 is 3.57. The number of aryl methyl sites for hydroxylation is 1. The first kappa shape index (κ1) is 8.78. The number of nitrogens with one attached hydrogen (secondary N) is 1. The first-order chi connectivity index (χ1) is 6.34. The average molecular weight is 209 g/mol. The van der Waals surface area contributed by atoms with Crippen molar-refractivity contribution in [2.24, 2.45) is 0 Å². The number of rotatable bonds is 3. The minimum atomic E-state index is 0.940. The zero-order valence-corrected chi connectivity index (χ0v) is 9.04. The molecule has 0 saturated heterocycles. The largest absolute Gasteiger partial charge is 0.379 e. The molecule has 0 atom stereocenters. The Morgan fingerprint density at radius 3 is 2.85 bits per heavy atom. The van der Waals surface area contributed by atoms with E-state index in [1.807, 2.05) is 11.3 Å². The van der Waals surface area contributed by atoms with Crippen molar-refractivity contribution in [3.05, 3.63) is 38.7 Å². The van der Waals surface area contributed by atoms with Gasteiger partial charge in [0.1, 0.15) is 0 Å². The van der Waals surface area contributed by atoms with Crippen LogP contribution in [0.5, 0.6) is 0 Å². The van der Waals surface area contributed by atoms with Gasteiger partial charge in [0.2, 0.25) is 0 Å². The lowest BCUT2D eigenvalue weighted by Gasteiger charge is -1.99. The highest BCUT2D eigenvalue weighted by Crippen LogP contribution is 2.18. The summed E-state index contributed by atoms with van der Waals surface area (Å²) in [6, 6.07) is 6.44. The van der Waals surface area contributed by atoms with E-state index in [-0.39, 0.29) is 0 Å². The monoisotopic (exact) mass is 209 g/mol. The summed E-state index contributed by atoms with van der Waals surface area (Å²) in [7, 11) is 0. The van der Waals surface area contributed by atoms with Gasteiger partial charge in [-0.1, -0.05) is 0 Å². The molecule has 1 nitrogen and oxygen atoms in total. The van der Waals surface area contributed by atoms with Gasteiger partial charge in [-0.05, 0) is 30.5 Å².